The third-order valence-corrected chi connectivity index (χ3v) is 9.19. The van der Waals surface area contributed by atoms with Gasteiger partial charge in [0.25, 0.3) is 0 Å². The molecule has 0 bridgehead atoms. The van der Waals surface area contributed by atoms with E-state index in [1.165, 1.54) is 32.6 Å². The highest BCUT2D eigenvalue weighted by molar-refractivity contribution is 7.95. The fourth-order valence-electron chi connectivity index (χ4n) is 3.58. The molecule has 0 radical (unpaired) electrons. The fourth-order valence-corrected chi connectivity index (χ4v) is 7.86. The second kappa shape index (κ2) is 7.51. The van der Waals surface area contributed by atoms with Crippen molar-refractivity contribution in [1.82, 2.24) is 0 Å². The van der Waals surface area contributed by atoms with Crippen molar-refractivity contribution in [2.24, 2.45) is 0 Å². The molecule has 0 amide bonds. The first kappa shape index (κ1) is 18.7. The van der Waals surface area contributed by atoms with E-state index in [-0.39, 0.29) is 12.4 Å². The smallest absolute Gasteiger partial charge is 0.110 e. The summed E-state index contributed by atoms with van der Waals surface area (Å²) in [7, 11) is -1.64. The molecule has 0 spiro atoms. The van der Waals surface area contributed by atoms with Gasteiger partial charge in [-0.25, -0.2) is 0 Å². The minimum Gasteiger partial charge on any atom is -1.00 e. The first-order valence-electron chi connectivity index (χ1n) is 8.10. The van der Waals surface area contributed by atoms with Crippen LogP contribution in [0.1, 0.15) is 16.7 Å². The van der Waals surface area contributed by atoms with Gasteiger partial charge < -0.3 is 12.4 Å². The van der Waals surface area contributed by atoms with Crippen molar-refractivity contribution in [2.75, 3.05) is 6.66 Å². The maximum absolute atomic E-state index is 2.47. The van der Waals surface area contributed by atoms with Crippen molar-refractivity contribution in [2.45, 2.75) is 20.8 Å². The minimum atomic E-state index is -1.64. The molecule has 0 aromatic heterocycles. The highest BCUT2D eigenvalue weighted by Crippen LogP contribution is 2.53. The molecular formula is C22H24ClP. The standard InChI is InChI=1S/C22H24P.ClH/c1-17-11-5-8-14-20(17)23(4,21-15-9-6-12-18(21)2)22-16-10-7-13-19(22)3;/h5-16H,1-4H3;1H/q+1;/p-1. The van der Waals surface area contributed by atoms with Crippen LogP contribution in [0.3, 0.4) is 0 Å². The van der Waals surface area contributed by atoms with Gasteiger partial charge in [0.2, 0.25) is 0 Å². The van der Waals surface area contributed by atoms with E-state index >= 15 is 0 Å². The molecule has 0 fully saturated rings. The van der Waals surface area contributed by atoms with Gasteiger partial charge >= 0.3 is 0 Å². The number of hydrogen-bond donors (Lipinski definition) is 0. The van der Waals surface area contributed by atoms with Gasteiger partial charge in [-0.3, -0.25) is 0 Å². The van der Waals surface area contributed by atoms with Crippen molar-refractivity contribution < 1.29 is 12.4 Å². The van der Waals surface area contributed by atoms with Gasteiger partial charge in [-0.2, -0.15) is 0 Å². The lowest BCUT2D eigenvalue weighted by molar-refractivity contribution is -0.00000476. The SMILES string of the molecule is Cc1ccccc1[P+](C)(c1ccccc1C)c1ccccc1C.[Cl-]. The predicted octanol–water partition coefficient (Wildman–Crippen LogP) is 1.54. The van der Waals surface area contributed by atoms with Crippen molar-refractivity contribution in [1.29, 1.82) is 0 Å². The Hall–Kier alpha value is -1.62. The van der Waals surface area contributed by atoms with Crippen molar-refractivity contribution in [3.8, 4) is 0 Å². The summed E-state index contributed by atoms with van der Waals surface area (Å²) < 4.78 is 0. The number of hydrogen-bond acceptors (Lipinski definition) is 0. The van der Waals surface area contributed by atoms with E-state index in [1.807, 2.05) is 0 Å². The van der Waals surface area contributed by atoms with Gasteiger partial charge in [0.1, 0.15) is 23.2 Å². The molecule has 3 rings (SSSR count). The predicted molar refractivity (Wildman–Crippen MR) is 105 cm³/mol. The second-order valence-electron chi connectivity index (χ2n) is 6.37. The Morgan fingerprint density at radius 3 is 1.00 bits per heavy atom. The third-order valence-electron chi connectivity index (χ3n) is 4.79. The highest BCUT2D eigenvalue weighted by Gasteiger charge is 2.43. The Bertz CT molecular complexity index is 728. The molecule has 0 heterocycles. The Morgan fingerprint density at radius 1 is 0.500 bits per heavy atom. The molecule has 0 unspecified atom stereocenters. The summed E-state index contributed by atoms with van der Waals surface area (Å²) in [5.74, 6) is 0. The molecule has 3 aromatic carbocycles. The lowest BCUT2D eigenvalue weighted by atomic mass is 10.2. The minimum absolute atomic E-state index is 0. The monoisotopic (exact) mass is 354 g/mol. The summed E-state index contributed by atoms with van der Waals surface area (Å²) in [6, 6.07) is 26.6. The normalized spacial score (nSPS) is 11.0. The zero-order chi connectivity index (χ0) is 16.4. The molecule has 0 atom stereocenters. The van der Waals surface area contributed by atoms with Crippen LogP contribution in [0.4, 0.5) is 0 Å². The van der Waals surface area contributed by atoms with Gasteiger partial charge in [0, 0.05) is 0 Å². The lowest BCUT2D eigenvalue weighted by Gasteiger charge is -2.27. The largest absolute Gasteiger partial charge is 1.00 e. The summed E-state index contributed by atoms with van der Waals surface area (Å²) in [5.41, 5.74) is 4.15. The molecule has 0 aliphatic heterocycles. The van der Waals surface area contributed by atoms with Crippen LogP contribution in [0.15, 0.2) is 72.8 Å². The zero-order valence-corrected chi connectivity index (χ0v) is 16.4. The summed E-state index contributed by atoms with van der Waals surface area (Å²) >= 11 is 0. The van der Waals surface area contributed by atoms with Gasteiger partial charge in [0.05, 0.1) is 6.66 Å². The molecule has 124 valence electrons. The highest BCUT2D eigenvalue weighted by atomic mass is 35.5. The topological polar surface area (TPSA) is 0 Å². The zero-order valence-electron chi connectivity index (χ0n) is 14.8. The van der Waals surface area contributed by atoms with E-state index < -0.39 is 7.26 Å². The molecule has 0 saturated carbocycles. The van der Waals surface area contributed by atoms with Gasteiger partial charge in [-0.15, -0.1) is 0 Å². The Balaban J connectivity index is 0.00000208. The van der Waals surface area contributed by atoms with Gasteiger partial charge in [0.15, 0.2) is 0 Å². The molecule has 0 nitrogen and oxygen atoms in total. The summed E-state index contributed by atoms with van der Waals surface area (Å²) in [6.45, 7) is 9.19. The summed E-state index contributed by atoms with van der Waals surface area (Å²) in [6.07, 6.45) is 0. The second-order valence-corrected chi connectivity index (χ2v) is 9.82. The van der Waals surface area contributed by atoms with Crippen LogP contribution in [-0.2, 0) is 0 Å². The molecule has 3 aromatic rings. The van der Waals surface area contributed by atoms with Crippen LogP contribution in [0.2, 0.25) is 0 Å². The Labute approximate surface area is 152 Å². The first-order valence-corrected chi connectivity index (χ1v) is 10.3. The average Bonchev–Trinajstić information content (AvgIpc) is 2.55. The van der Waals surface area contributed by atoms with Gasteiger partial charge in [-0.1, -0.05) is 54.6 Å². The fraction of sp³-hybridized carbons (Fsp3) is 0.182. The van der Waals surface area contributed by atoms with Crippen LogP contribution >= 0.6 is 7.26 Å². The summed E-state index contributed by atoms with van der Waals surface area (Å²) in [5, 5.41) is 4.47. The van der Waals surface area contributed by atoms with Crippen LogP contribution in [0.25, 0.3) is 0 Å². The van der Waals surface area contributed by atoms with Gasteiger partial charge in [-0.05, 0) is 55.7 Å². The van der Waals surface area contributed by atoms with Crippen LogP contribution in [0.5, 0.6) is 0 Å². The Morgan fingerprint density at radius 2 is 0.750 bits per heavy atom. The molecule has 0 aliphatic rings. The number of aryl methyl sites for hydroxylation is 3. The van der Waals surface area contributed by atoms with E-state index in [0.717, 1.165) is 0 Å². The van der Waals surface area contributed by atoms with Crippen LogP contribution in [-0.4, -0.2) is 6.66 Å². The molecule has 0 aliphatic carbocycles. The summed E-state index contributed by atoms with van der Waals surface area (Å²) in [4.78, 5) is 0. The van der Waals surface area contributed by atoms with Crippen molar-refractivity contribution in [3.05, 3.63) is 89.5 Å². The Kier molecular flexibility index (Phi) is 5.86. The molecular weight excluding hydrogens is 331 g/mol. The number of rotatable bonds is 3. The van der Waals surface area contributed by atoms with E-state index in [2.05, 4.69) is 100 Å². The van der Waals surface area contributed by atoms with Crippen molar-refractivity contribution in [3.63, 3.8) is 0 Å². The van der Waals surface area contributed by atoms with Crippen molar-refractivity contribution >= 4 is 23.2 Å². The lowest BCUT2D eigenvalue weighted by Crippen LogP contribution is -3.00. The van der Waals surface area contributed by atoms with E-state index in [9.17, 15) is 0 Å². The molecule has 24 heavy (non-hydrogen) atoms. The van der Waals surface area contributed by atoms with E-state index in [4.69, 9.17) is 0 Å². The molecule has 0 N–H and O–H groups in total. The number of benzene rings is 3. The van der Waals surface area contributed by atoms with E-state index in [0.29, 0.717) is 0 Å². The number of halogens is 1. The molecule has 0 saturated heterocycles. The third kappa shape index (κ3) is 3.14. The quantitative estimate of drug-likeness (QED) is 0.626. The maximum atomic E-state index is 2.47. The van der Waals surface area contributed by atoms with E-state index in [1.54, 1.807) is 0 Å². The average molecular weight is 355 g/mol. The maximum Gasteiger partial charge on any atom is 0.110 e. The van der Waals surface area contributed by atoms with Crippen LogP contribution < -0.4 is 28.3 Å². The first-order chi connectivity index (χ1) is 11.0. The van der Waals surface area contributed by atoms with Crippen LogP contribution in [0, 0.1) is 20.8 Å². The molecule has 2 heteroatoms.